The summed E-state index contributed by atoms with van der Waals surface area (Å²) in [6.45, 7) is 2.04. The molecule has 0 aliphatic heterocycles. The molecule has 0 amide bonds. The zero-order chi connectivity index (χ0) is 22.3. The molecule has 166 valence electrons. The van der Waals surface area contributed by atoms with Crippen LogP contribution < -0.4 is 10.4 Å². The number of methoxy groups -OCH3 is 1. The maximum atomic E-state index is 13.4. The summed E-state index contributed by atoms with van der Waals surface area (Å²) in [4.78, 5) is 13.4. The molecule has 0 unspecified atom stereocenters. The summed E-state index contributed by atoms with van der Waals surface area (Å²) in [5, 5.41) is 9.82. The van der Waals surface area contributed by atoms with E-state index < -0.39 is 11.7 Å². The molecule has 0 radical (unpaired) electrons. The second kappa shape index (κ2) is 8.07. The predicted octanol–water partition coefficient (Wildman–Crippen LogP) is 4.66. The van der Waals surface area contributed by atoms with E-state index >= 15 is 0 Å². The van der Waals surface area contributed by atoms with Crippen molar-refractivity contribution in [1.82, 2.24) is 9.13 Å². The van der Waals surface area contributed by atoms with Crippen LogP contribution in [0.1, 0.15) is 48.4 Å². The number of hydrogen-bond donors (Lipinski definition) is 1. The quantitative estimate of drug-likeness (QED) is 0.650. The summed E-state index contributed by atoms with van der Waals surface area (Å²) >= 11 is 0. The lowest BCUT2D eigenvalue weighted by Crippen LogP contribution is -2.31. The lowest BCUT2D eigenvalue weighted by Gasteiger charge is -2.26. The summed E-state index contributed by atoms with van der Waals surface area (Å²) in [6.07, 6.45) is -2.52. The van der Waals surface area contributed by atoms with Gasteiger partial charge in [-0.3, -0.25) is 9.13 Å². The normalized spacial score (nSPS) is 19.7. The molecular formula is C23H25F3N2O3. The summed E-state index contributed by atoms with van der Waals surface area (Å²) in [5.41, 5.74) is 1.33. The lowest BCUT2D eigenvalue weighted by molar-refractivity contribution is -0.137. The predicted molar refractivity (Wildman–Crippen MR) is 112 cm³/mol. The van der Waals surface area contributed by atoms with Gasteiger partial charge in [-0.2, -0.15) is 13.2 Å². The Morgan fingerprint density at radius 1 is 1.06 bits per heavy atom. The van der Waals surface area contributed by atoms with Gasteiger partial charge in [-0.15, -0.1) is 0 Å². The smallest absolute Gasteiger partial charge is 0.416 e. The van der Waals surface area contributed by atoms with E-state index in [0.717, 1.165) is 23.3 Å². The number of aryl methyl sites for hydroxylation is 1. The highest BCUT2D eigenvalue weighted by Gasteiger charge is 2.32. The summed E-state index contributed by atoms with van der Waals surface area (Å²) in [7, 11) is 1.57. The maximum Gasteiger partial charge on any atom is 0.416 e. The Morgan fingerprint density at radius 3 is 2.39 bits per heavy atom. The number of aliphatic hydroxyl groups excluding tert-OH is 1. The van der Waals surface area contributed by atoms with Gasteiger partial charge in [0.05, 0.1) is 36.4 Å². The summed E-state index contributed by atoms with van der Waals surface area (Å²) < 4.78 is 48.4. The fraction of sp³-hybridized carbons (Fsp3) is 0.435. The molecule has 31 heavy (non-hydrogen) atoms. The zero-order valence-electron chi connectivity index (χ0n) is 17.4. The molecule has 0 atom stereocenters. The van der Waals surface area contributed by atoms with E-state index in [2.05, 4.69) is 0 Å². The fourth-order valence-electron chi connectivity index (χ4n) is 4.50. The first-order valence-corrected chi connectivity index (χ1v) is 10.3. The summed E-state index contributed by atoms with van der Waals surface area (Å²) in [6, 6.07) is 8.80. The number of imidazole rings is 1. The highest BCUT2D eigenvalue weighted by molar-refractivity contribution is 5.77. The number of benzene rings is 2. The Morgan fingerprint density at radius 2 is 1.77 bits per heavy atom. The van der Waals surface area contributed by atoms with E-state index in [0.29, 0.717) is 36.9 Å². The topological polar surface area (TPSA) is 56.4 Å². The molecule has 0 saturated heterocycles. The van der Waals surface area contributed by atoms with E-state index in [4.69, 9.17) is 4.74 Å². The third-order valence-electron chi connectivity index (χ3n) is 6.12. The standard InChI is InChI=1S/C23H25F3N2O3/c1-14-11-15(3-10-21(14)31-2)13-27-20-12-16(23(24,25)26)4-9-19(20)28(22(27)30)17-5-7-18(29)8-6-17/h3-4,9-12,17-18,29H,5-8,13H2,1-2H3. The monoisotopic (exact) mass is 434 g/mol. The second-order valence-corrected chi connectivity index (χ2v) is 8.21. The number of aromatic nitrogens is 2. The van der Waals surface area contributed by atoms with Crippen LogP contribution in [0.25, 0.3) is 11.0 Å². The van der Waals surface area contributed by atoms with Crippen molar-refractivity contribution in [2.75, 3.05) is 7.11 Å². The first-order chi connectivity index (χ1) is 14.7. The largest absolute Gasteiger partial charge is 0.496 e. The van der Waals surface area contributed by atoms with Crippen LogP contribution >= 0.6 is 0 Å². The van der Waals surface area contributed by atoms with Crippen LogP contribution in [-0.4, -0.2) is 27.5 Å². The van der Waals surface area contributed by atoms with Gasteiger partial charge in [-0.25, -0.2) is 4.79 Å². The van der Waals surface area contributed by atoms with E-state index in [1.54, 1.807) is 17.7 Å². The Labute approximate surface area is 177 Å². The molecule has 1 aliphatic rings. The number of nitrogens with zero attached hydrogens (tertiary/aromatic N) is 2. The number of fused-ring (bicyclic) bond motifs is 1. The molecule has 1 aromatic heterocycles. The molecule has 1 N–H and O–H groups in total. The molecule has 1 heterocycles. The van der Waals surface area contributed by atoms with Gasteiger partial charge in [-0.1, -0.05) is 12.1 Å². The third-order valence-corrected chi connectivity index (χ3v) is 6.12. The molecule has 3 aromatic rings. The first-order valence-electron chi connectivity index (χ1n) is 10.3. The van der Waals surface area contributed by atoms with Gasteiger partial charge in [0.25, 0.3) is 0 Å². The van der Waals surface area contributed by atoms with E-state index in [1.807, 2.05) is 19.1 Å². The van der Waals surface area contributed by atoms with Crippen molar-refractivity contribution < 1.29 is 23.0 Å². The molecule has 1 fully saturated rings. The van der Waals surface area contributed by atoms with E-state index in [-0.39, 0.29) is 29.9 Å². The number of aliphatic hydroxyl groups is 1. The molecule has 4 rings (SSSR count). The van der Waals surface area contributed by atoms with Crippen LogP contribution in [0.2, 0.25) is 0 Å². The molecular weight excluding hydrogens is 409 g/mol. The van der Waals surface area contributed by atoms with Crippen LogP contribution in [0.4, 0.5) is 13.2 Å². The van der Waals surface area contributed by atoms with Crippen LogP contribution in [-0.2, 0) is 12.7 Å². The zero-order valence-corrected chi connectivity index (χ0v) is 17.4. The average molecular weight is 434 g/mol. The number of halogens is 3. The van der Waals surface area contributed by atoms with Crippen molar-refractivity contribution in [1.29, 1.82) is 0 Å². The Balaban J connectivity index is 1.85. The van der Waals surface area contributed by atoms with Crippen LogP contribution in [0.15, 0.2) is 41.2 Å². The molecule has 8 heteroatoms. The van der Waals surface area contributed by atoms with Crippen LogP contribution in [0.5, 0.6) is 5.75 Å². The average Bonchev–Trinajstić information content (AvgIpc) is 2.99. The molecule has 0 bridgehead atoms. The van der Waals surface area contributed by atoms with Gasteiger partial charge in [0, 0.05) is 6.04 Å². The van der Waals surface area contributed by atoms with Crippen molar-refractivity contribution in [3.05, 3.63) is 63.6 Å². The van der Waals surface area contributed by atoms with Gasteiger partial charge >= 0.3 is 11.9 Å². The highest BCUT2D eigenvalue weighted by atomic mass is 19.4. The van der Waals surface area contributed by atoms with Crippen LogP contribution in [0, 0.1) is 6.92 Å². The Bertz CT molecular complexity index is 1160. The Hall–Kier alpha value is -2.74. The van der Waals surface area contributed by atoms with E-state index in [1.165, 1.54) is 10.6 Å². The fourth-order valence-corrected chi connectivity index (χ4v) is 4.50. The van der Waals surface area contributed by atoms with Crippen molar-refractivity contribution >= 4 is 11.0 Å². The second-order valence-electron chi connectivity index (χ2n) is 8.21. The first kappa shape index (κ1) is 21.5. The van der Waals surface area contributed by atoms with Gasteiger partial charge in [0.15, 0.2) is 0 Å². The Kier molecular flexibility index (Phi) is 5.60. The minimum atomic E-state index is -4.50. The number of rotatable bonds is 4. The number of hydrogen-bond acceptors (Lipinski definition) is 3. The van der Waals surface area contributed by atoms with Gasteiger partial charge in [0.1, 0.15) is 5.75 Å². The minimum Gasteiger partial charge on any atom is -0.496 e. The maximum absolute atomic E-state index is 13.4. The highest BCUT2D eigenvalue weighted by Crippen LogP contribution is 2.34. The van der Waals surface area contributed by atoms with Crippen molar-refractivity contribution in [3.63, 3.8) is 0 Å². The number of ether oxygens (including phenoxy) is 1. The van der Waals surface area contributed by atoms with Crippen molar-refractivity contribution in [2.24, 2.45) is 0 Å². The molecule has 1 aliphatic carbocycles. The van der Waals surface area contributed by atoms with Gasteiger partial charge in [-0.05, 0) is 68.0 Å². The van der Waals surface area contributed by atoms with E-state index in [9.17, 15) is 23.1 Å². The van der Waals surface area contributed by atoms with Crippen LogP contribution in [0.3, 0.4) is 0 Å². The molecule has 2 aromatic carbocycles. The SMILES string of the molecule is COc1ccc(Cn2c(=O)n(C3CCC(O)CC3)c3ccc(C(F)(F)F)cc32)cc1C. The molecule has 0 spiro atoms. The van der Waals surface area contributed by atoms with Gasteiger partial charge in [0.2, 0.25) is 0 Å². The van der Waals surface area contributed by atoms with Gasteiger partial charge < -0.3 is 9.84 Å². The molecule has 5 nitrogen and oxygen atoms in total. The minimum absolute atomic E-state index is 0.144. The molecule has 1 saturated carbocycles. The summed E-state index contributed by atoms with van der Waals surface area (Å²) in [5.74, 6) is 0.707. The van der Waals surface area contributed by atoms with Crippen molar-refractivity contribution in [2.45, 2.75) is 57.5 Å². The lowest BCUT2D eigenvalue weighted by atomic mass is 9.93. The number of alkyl halides is 3. The third kappa shape index (κ3) is 4.08. The van der Waals surface area contributed by atoms with Crippen molar-refractivity contribution in [3.8, 4) is 5.75 Å².